The van der Waals surface area contributed by atoms with Crippen molar-refractivity contribution in [3.63, 3.8) is 0 Å². The molecule has 8 heteroatoms. The smallest absolute Gasteiger partial charge is 0.378 e. The van der Waals surface area contributed by atoms with Gasteiger partial charge in [-0.2, -0.15) is 18.3 Å². The van der Waals surface area contributed by atoms with Crippen LogP contribution >= 0.6 is 22.9 Å². The maximum absolute atomic E-state index is 12.8. The zero-order chi connectivity index (χ0) is 19.5. The van der Waals surface area contributed by atoms with Gasteiger partial charge in [0.1, 0.15) is 5.60 Å². The van der Waals surface area contributed by atoms with Crippen molar-refractivity contribution >= 4 is 34.3 Å². The first-order valence-corrected chi connectivity index (χ1v) is 8.68. The maximum Gasteiger partial charge on any atom is 0.416 e. The standard InChI is InChI=1S/C18H16ClF3N2OS/c1-11(16-7-5-13(26-16)8-9-17(2,3)25)23-24-15-10-12(18(20,21)22)4-6-14(15)19/h4-7,10,24-25H,1-3H3. The Morgan fingerprint density at radius 1 is 1.23 bits per heavy atom. The highest BCUT2D eigenvalue weighted by Crippen LogP contribution is 2.33. The van der Waals surface area contributed by atoms with Crippen molar-refractivity contribution in [1.82, 2.24) is 0 Å². The van der Waals surface area contributed by atoms with E-state index in [0.717, 1.165) is 21.9 Å². The summed E-state index contributed by atoms with van der Waals surface area (Å²) >= 11 is 7.29. The number of benzene rings is 1. The minimum absolute atomic E-state index is 0.0689. The highest BCUT2D eigenvalue weighted by molar-refractivity contribution is 7.14. The van der Waals surface area contributed by atoms with Crippen LogP contribution < -0.4 is 5.43 Å². The number of rotatable bonds is 3. The lowest BCUT2D eigenvalue weighted by Gasteiger charge is -2.10. The van der Waals surface area contributed by atoms with Gasteiger partial charge in [0.15, 0.2) is 0 Å². The molecule has 0 saturated heterocycles. The number of hydrogen-bond acceptors (Lipinski definition) is 4. The van der Waals surface area contributed by atoms with Crippen LogP contribution in [0, 0.1) is 11.8 Å². The van der Waals surface area contributed by atoms with Gasteiger partial charge in [-0.05, 0) is 51.1 Å². The van der Waals surface area contributed by atoms with E-state index in [9.17, 15) is 18.3 Å². The molecule has 0 aliphatic carbocycles. The highest BCUT2D eigenvalue weighted by atomic mass is 35.5. The van der Waals surface area contributed by atoms with E-state index < -0.39 is 17.3 Å². The predicted molar refractivity (Wildman–Crippen MR) is 99.8 cm³/mol. The molecule has 2 N–H and O–H groups in total. The van der Waals surface area contributed by atoms with E-state index in [-0.39, 0.29) is 10.7 Å². The Kier molecular flexibility index (Phi) is 6.02. The summed E-state index contributed by atoms with van der Waals surface area (Å²) < 4.78 is 38.4. The normalized spacial score (nSPS) is 12.5. The molecule has 2 aromatic rings. The molecule has 0 saturated carbocycles. The molecule has 2 rings (SSSR count). The number of nitrogens with zero attached hydrogens (tertiary/aromatic N) is 1. The Labute approximate surface area is 158 Å². The second-order valence-corrected chi connectivity index (χ2v) is 7.47. The van der Waals surface area contributed by atoms with Crippen molar-refractivity contribution in [2.75, 3.05) is 5.43 Å². The van der Waals surface area contributed by atoms with Gasteiger partial charge < -0.3 is 5.11 Å². The van der Waals surface area contributed by atoms with Crippen LogP contribution in [0.3, 0.4) is 0 Å². The molecule has 0 aliphatic rings. The molecule has 0 fully saturated rings. The topological polar surface area (TPSA) is 44.6 Å². The van der Waals surface area contributed by atoms with E-state index in [1.54, 1.807) is 32.9 Å². The molecule has 0 unspecified atom stereocenters. The van der Waals surface area contributed by atoms with E-state index in [4.69, 9.17) is 11.6 Å². The van der Waals surface area contributed by atoms with Crippen LogP contribution in [0.15, 0.2) is 35.4 Å². The predicted octanol–water partition coefficient (Wildman–Crippen LogP) is 5.38. The zero-order valence-electron chi connectivity index (χ0n) is 14.2. The molecule has 0 atom stereocenters. The Bertz CT molecular complexity index is 886. The number of anilines is 1. The van der Waals surface area contributed by atoms with Crippen LogP contribution in [0.25, 0.3) is 0 Å². The fourth-order valence-electron chi connectivity index (χ4n) is 1.80. The second kappa shape index (κ2) is 7.70. The van der Waals surface area contributed by atoms with E-state index in [1.165, 1.54) is 17.4 Å². The van der Waals surface area contributed by atoms with Crippen LogP contribution in [-0.2, 0) is 6.18 Å². The van der Waals surface area contributed by atoms with Crippen molar-refractivity contribution in [1.29, 1.82) is 0 Å². The third kappa shape index (κ3) is 5.77. The monoisotopic (exact) mass is 400 g/mol. The lowest BCUT2D eigenvalue weighted by Crippen LogP contribution is -2.14. The number of halogens is 4. The van der Waals surface area contributed by atoms with Gasteiger partial charge in [0.25, 0.3) is 0 Å². The summed E-state index contributed by atoms with van der Waals surface area (Å²) in [5, 5.41) is 13.9. The first kappa shape index (κ1) is 20.3. The minimum Gasteiger partial charge on any atom is -0.378 e. The number of nitrogens with one attached hydrogen (secondary N) is 1. The average Bonchev–Trinajstić information content (AvgIpc) is 2.99. The largest absolute Gasteiger partial charge is 0.416 e. The Morgan fingerprint density at radius 2 is 1.92 bits per heavy atom. The molecule has 0 spiro atoms. The van der Waals surface area contributed by atoms with Gasteiger partial charge in [0.2, 0.25) is 0 Å². The van der Waals surface area contributed by atoms with Crippen molar-refractivity contribution in [2.45, 2.75) is 32.5 Å². The summed E-state index contributed by atoms with van der Waals surface area (Å²) in [6.07, 6.45) is -4.46. The summed E-state index contributed by atoms with van der Waals surface area (Å²) in [4.78, 5) is 1.54. The van der Waals surface area contributed by atoms with E-state index in [2.05, 4.69) is 22.4 Å². The number of aliphatic hydroxyl groups is 1. The third-order valence-electron chi connectivity index (χ3n) is 3.09. The van der Waals surface area contributed by atoms with Crippen molar-refractivity contribution in [3.05, 3.63) is 50.7 Å². The third-order valence-corrected chi connectivity index (χ3v) is 4.53. The molecule has 0 radical (unpaired) electrons. The molecular weight excluding hydrogens is 385 g/mol. The van der Waals surface area contributed by atoms with E-state index >= 15 is 0 Å². The fourth-order valence-corrected chi connectivity index (χ4v) is 2.76. The number of alkyl halides is 3. The first-order valence-electron chi connectivity index (χ1n) is 7.48. The van der Waals surface area contributed by atoms with Crippen LogP contribution in [0.4, 0.5) is 18.9 Å². The summed E-state index contributed by atoms with van der Waals surface area (Å²) in [5.74, 6) is 5.58. The quantitative estimate of drug-likeness (QED) is 0.413. The number of hydrazone groups is 1. The molecule has 138 valence electrons. The molecule has 26 heavy (non-hydrogen) atoms. The Hall–Kier alpha value is -2.01. The second-order valence-electron chi connectivity index (χ2n) is 5.97. The molecule has 3 nitrogen and oxygen atoms in total. The van der Waals surface area contributed by atoms with Crippen molar-refractivity contribution < 1.29 is 18.3 Å². The minimum atomic E-state index is -4.46. The summed E-state index contributed by atoms with van der Waals surface area (Å²) in [6.45, 7) is 4.89. The number of thiophene rings is 1. The van der Waals surface area contributed by atoms with Crippen molar-refractivity contribution in [3.8, 4) is 11.8 Å². The molecule has 0 aliphatic heterocycles. The van der Waals surface area contributed by atoms with Gasteiger partial charge in [-0.15, -0.1) is 11.3 Å². The lowest BCUT2D eigenvalue weighted by molar-refractivity contribution is -0.137. The Balaban J connectivity index is 2.19. The molecule has 1 heterocycles. The van der Waals surface area contributed by atoms with Gasteiger partial charge in [0, 0.05) is 0 Å². The molecule has 1 aromatic heterocycles. The van der Waals surface area contributed by atoms with E-state index in [1.807, 2.05) is 0 Å². The van der Waals surface area contributed by atoms with Gasteiger partial charge >= 0.3 is 6.18 Å². The summed E-state index contributed by atoms with van der Waals surface area (Å²) in [6, 6.07) is 6.58. The summed E-state index contributed by atoms with van der Waals surface area (Å²) in [5.41, 5.74) is 1.32. The van der Waals surface area contributed by atoms with Gasteiger partial charge in [0.05, 0.1) is 31.7 Å². The summed E-state index contributed by atoms with van der Waals surface area (Å²) in [7, 11) is 0. The van der Waals surface area contributed by atoms with Crippen LogP contribution in [0.2, 0.25) is 5.02 Å². The Morgan fingerprint density at radius 3 is 2.54 bits per heavy atom. The van der Waals surface area contributed by atoms with E-state index in [0.29, 0.717) is 5.71 Å². The highest BCUT2D eigenvalue weighted by Gasteiger charge is 2.30. The van der Waals surface area contributed by atoms with Gasteiger partial charge in [-0.3, -0.25) is 5.43 Å². The molecule has 0 amide bonds. The lowest BCUT2D eigenvalue weighted by atomic mass is 10.1. The maximum atomic E-state index is 12.8. The van der Waals surface area contributed by atoms with Gasteiger partial charge in [-0.25, -0.2) is 0 Å². The zero-order valence-corrected chi connectivity index (χ0v) is 15.8. The van der Waals surface area contributed by atoms with Gasteiger partial charge in [-0.1, -0.05) is 23.4 Å². The number of hydrogen-bond donors (Lipinski definition) is 2. The van der Waals surface area contributed by atoms with Crippen LogP contribution in [0.5, 0.6) is 0 Å². The molecule has 1 aromatic carbocycles. The first-order chi connectivity index (χ1) is 12.0. The molecule has 0 bridgehead atoms. The average molecular weight is 401 g/mol. The SMILES string of the molecule is CC(=NNc1cc(C(F)(F)F)ccc1Cl)c1ccc(C#CC(C)(C)O)s1. The van der Waals surface area contributed by atoms with Crippen molar-refractivity contribution in [2.24, 2.45) is 5.10 Å². The van der Waals surface area contributed by atoms with Crippen LogP contribution in [-0.4, -0.2) is 16.4 Å². The van der Waals surface area contributed by atoms with Crippen LogP contribution in [0.1, 0.15) is 36.1 Å². The molecular formula is C18H16ClF3N2OS. The fraction of sp³-hybridized carbons (Fsp3) is 0.278.